The Morgan fingerprint density at radius 1 is 0.419 bits per heavy atom. The third-order valence-electron chi connectivity index (χ3n) is 18.5. The first-order valence-corrected chi connectivity index (χ1v) is 36.5. The number of aromatic nitrogens is 5. The van der Waals surface area contributed by atoms with Crippen molar-refractivity contribution in [2.45, 2.75) is 49.4 Å². The molecule has 5 heterocycles. The molecule has 4 atom stereocenters. The molecule has 105 heavy (non-hydrogen) atoms. The number of benzene rings is 10. The van der Waals surface area contributed by atoms with Crippen molar-refractivity contribution in [3.05, 3.63) is 360 Å². The number of carbonyl (C=O) groups is 1. The molecule has 10 aromatic carbocycles. The van der Waals surface area contributed by atoms with Crippen molar-refractivity contribution in [2.75, 3.05) is 33.8 Å². The average molecular weight is 1490 g/mol. The molecule has 528 valence electrons. The Morgan fingerprint density at radius 3 is 1.09 bits per heavy atom. The van der Waals surface area contributed by atoms with Gasteiger partial charge < -0.3 is 46.0 Å². The molecule has 0 fully saturated rings. The molecule has 0 saturated carbocycles. The lowest BCUT2D eigenvalue weighted by molar-refractivity contribution is 0.171. The lowest BCUT2D eigenvalue weighted by atomic mass is 9.88. The van der Waals surface area contributed by atoms with Gasteiger partial charge in [-0.05, 0) is 192 Å². The van der Waals surface area contributed by atoms with Crippen LogP contribution in [0.15, 0.2) is 280 Å². The van der Waals surface area contributed by atoms with E-state index in [2.05, 4.69) is 174 Å². The van der Waals surface area contributed by atoms with Gasteiger partial charge in [-0.3, -0.25) is 0 Å². The van der Waals surface area contributed by atoms with Crippen molar-refractivity contribution in [1.29, 1.82) is 10.5 Å². The minimum Gasteiger partial charge on any atom is -0.453 e. The number of amides is 1. The average Bonchev–Trinajstić information content (AvgIpc) is 1.76. The summed E-state index contributed by atoms with van der Waals surface area (Å²) in [6, 6.07) is 86.4. The van der Waals surface area contributed by atoms with Crippen molar-refractivity contribution in [3.63, 3.8) is 0 Å². The highest BCUT2D eigenvalue weighted by molar-refractivity contribution is 6.37. The number of H-pyrrole nitrogens is 5. The molecule has 0 spiro atoms. The van der Waals surface area contributed by atoms with Crippen LogP contribution in [0.5, 0.6) is 0 Å². The molecule has 4 unspecified atom stereocenters. The van der Waals surface area contributed by atoms with Crippen LogP contribution in [0, 0.1) is 22.7 Å². The van der Waals surface area contributed by atoms with Crippen LogP contribution < -0.4 is 16.4 Å². The van der Waals surface area contributed by atoms with Crippen LogP contribution in [0.25, 0.3) is 60.1 Å². The fourth-order valence-corrected chi connectivity index (χ4v) is 14.8. The zero-order valence-corrected chi connectivity index (χ0v) is 61.8. The minimum absolute atomic E-state index is 0.0537. The molecule has 15 rings (SSSR count). The third-order valence-corrected chi connectivity index (χ3v) is 20.0. The van der Waals surface area contributed by atoms with E-state index in [0.29, 0.717) is 40.5 Å². The summed E-state index contributed by atoms with van der Waals surface area (Å²) in [5, 5.41) is 33.3. The molecule has 12 nitrogen and oxygen atoms in total. The Labute approximate surface area is 636 Å². The maximum absolute atomic E-state index is 11.3. The van der Waals surface area contributed by atoms with E-state index in [1.165, 1.54) is 40.3 Å². The van der Waals surface area contributed by atoms with Crippen LogP contribution in [0.2, 0.25) is 25.1 Å². The van der Waals surface area contributed by atoms with E-state index in [1.807, 2.05) is 159 Å². The van der Waals surface area contributed by atoms with Gasteiger partial charge in [0, 0.05) is 101 Å². The predicted molar refractivity (Wildman–Crippen MR) is 436 cm³/mol. The minimum atomic E-state index is -0.416. The molecule has 15 aromatic rings. The van der Waals surface area contributed by atoms with Gasteiger partial charge in [0.2, 0.25) is 0 Å². The van der Waals surface area contributed by atoms with E-state index in [9.17, 15) is 4.79 Å². The second kappa shape index (κ2) is 37.6. The molecule has 0 saturated heterocycles. The number of methoxy groups -OCH3 is 1. The van der Waals surface area contributed by atoms with Crippen molar-refractivity contribution >= 4 is 124 Å². The maximum Gasteiger partial charge on any atom is 0.406 e. The van der Waals surface area contributed by atoms with Gasteiger partial charge in [-0.15, -0.1) is 0 Å². The van der Waals surface area contributed by atoms with E-state index in [0.717, 1.165) is 118 Å². The van der Waals surface area contributed by atoms with Gasteiger partial charge in [-0.2, -0.15) is 10.5 Å². The number of rotatable bonds is 19. The first-order chi connectivity index (χ1) is 51.4. The summed E-state index contributed by atoms with van der Waals surface area (Å²) >= 11 is 31.8. The number of ether oxygens (including phenoxy) is 1. The number of aromatic amines is 5. The van der Waals surface area contributed by atoms with Gasteiger partial charge in [-0.1, -0.05) is 210 Å². The smallest absolute Gasteiger partial charge is 0.406 e. The summed E-state index contributed by atoms with van der Waals surface area (Å²) in [5.74, 6) is 0.839. The summed E-state index contributed by atoms with van der Waals surface area (Å²) in [6.07, 6.45) is 13.8. The Bertz CT molecular complexity index is 5410. The van der Waals surface area contributed by atoms with Crippen LogP contribution in [0.3, 0.4) is 0 Å². The Morgan fingerprint density at radius 2 is 0.743 bits per heavy atom. The Hall–Kier alpha value is -10.7. The highest BCUT2D eigenvalue weighted by Crippen LogP contribution is 2.39. The summed E-state index contributed by atoms with van der Waals surface area (Å²) in [4.78, 5) is 27.1. The zero-order chi connectivity index (χ0) is 73.4. The summed E-state index contributed by atoms with van der Waals surface area (Å²) in [7, 11) is 3.36. The number of nitriles is 2. The normalized spacial score (nSPS) is 12.2. The zero-order valence-electron chi connectivity index (χ0n) is 58.0. The van der Waals surface area contributed by atoms with Crippen molar-refractivity contribution in [3.8, 4) is 12.1 Å². The molecule has 0 aliphatic carbocycles. The first kappa shape index (κ1) is 75.4. The number of nitrogens with zero attached hydrogens (tertiary/aromatic N) is 2. The highest BCUT2D eigenvalue weighted by atomic mass is 35.5. The van der Waals surface area contributed by atoms with Gasteiger partial charge >= 0.3 is 6.09 Å². The number of hydrogen-bond donors (Lipinski definition) is 8. The molecule has 5 aromatic heterocycles. The van der Waals surface area contributed by atoms with Crippen LogP contribution in [-0.4, -0.2) is 64.8 Å². The summed E-state index contributed by atoms with van der Waals surface area (Å²) in [6.45, 7) is 2.15. The van der Waals surface area contributed by atoms with Crippen molar-refractivity contribution in [2.24, 2.45) is 5.73 Å². The van der Waals surface area contributed by atoms with Crippen molar-refractivity contribution < 1.29 is 9.53 Å². The maximum atomic E-state index is 11.3. The van der Waals surface area contributed by atoms with Gasteiger partial charge in [0.05, 0.1) is 71.9 Å². The van der Waals surface area contributed by atoms with Gasteiger partial charge in [0.1, 0.15) is 0 Å². The summed E-state index contributed by atoms with van der Waals surface area (Å²) in [5.41, 5.74) is 23.1. The SMILES string of the molecule is CNCCC(c1ccccc1)c1cc(Cl)c2[nH]ccc2c1.COC(=O)NCCC(c1ccccc1)c1cc(Cl)c2[nH]ccc2c1.N#C/C=C(/c1ccccc1)c1cc(Cl)c2[nH]ccc2c1.N#CCC(c1ccccc1)c1cc(Cl)c2[nH]ccc2c1.NCCC(c1ccccc1)c1cc(Cl)c2[nH]ccc2c1. The lowest BCUT2D eigenvalue weighted by Crippen LogP contribution is -2.25. The van der Waals surface area contributed by atoms with E-state index < -0.39 is 6.09 Å². The molecular formula is C88H79Cl5N10O2. The standard InChI is InChI=1S/C19H19ClN2O2.C18H19ClN2.C17H17ClN2.C17H13ClN2.C17H11ClN2/c1-24-19(23)22-10-8-16(13-5-3-2-4-6-13)15-11-14-7-9-21-18(14)17(20)12-15;1-20-9-8-16(13-5-3-2-4-6-13)15-11-14-7-10-21-18(14)17(19)12-15;3*18-16-11-14(10-13-7-9-20-17(13)16)15(6-8-19)12-4-2-1-3-5-12/h2-7,9,11-12,16,21H,8,10H2,1H3,(H,22,23);2-7,10-12,16,20-21H,8-9H2,1H3;1-5,7,9-11,15,20H,6,8,19H2;1-5,7,9-11,15,20H,6H2;1-7,9-11,20H/b;;;;15-6-. The molecule has 17 heteroatoms. The second-order valence-corrected chi connectivity index (χ2v) is 27.2. The van der Waals surface area contributed by atoms with Crippen molar-refractivity contribution in [1.82, 2.24) is 35.6 Å². The first-order valence-electron chi connectivity index (χ1n) is 34.6. The fourth-order valence-electron chi connectivity index (χ4n) is 13.4. The predicted octanol–water partition coefficient (Wildman–Crippen LogP) is 23.2. The molecule has 0 bridgehead atoms. The lowest BCUT2D eigenvalue weighted by Gasteiger charge is -2.19. The Kier molecular flexibility index (Phi) is 27.0. The monoisotopic (exact) mass is 1480 g/mol. The topological polar surface area (TPSA) is 203 Å². The number of hydrogen-bond acceptors (Lipinski definition) is 6. The highest BCUT2D eigenvalue weighted by Gasteiger charge is 2.21. The number of allylic oxidation sites excluding steroid dienone is 1. The number of nitrogens with one attached hydrogen (secondary N) is 7. The molecule has 1 amide bonds. The fraction of sp³-hybridized carbons (Fsp3) is 0.148. The largest absolute Gasteiger partial charge is 0.453 e. The van der Waals surface area contributed by atoms with E-state index >= 15 is 0 Å². The van der Waals surface area contributed by atoms with Crippen LogP contribution in [-0.2, 0) is 4.74 Å². The molecule has 0 aliphatic heterocycles. The molecule has 0 radical (unpaired) electrons. The van der Waals surface area contributed by atoms with Crippen LogP contribution >= 0.6 is 58.0 Å². The van der Waals surface area contributed by atoms with Crippen LogP contribution in [0.1, 0.15) is 105 Å². The second-order valence-electron chi connectivity index (χ2n) is 25.1. The number of nitrogens with two attached hydrogens (primary N) is 1. The quantitative estimate of drug-likeness (QED) is 0.0370. The third kappa shape index (κ3) is 19.4. The van der Waals surface area contributed by atoms with Gasteiger partial charge in [0.15, 0.2) is 0 Å². The van der Waals surface area contributed by atoms with E-state index in [1.54, 1.807) is 6.08 Å². The number of halogens is 5. The van der Waals surface area contributed by atoms with Gasteiger partial charge in [0.25, 0.3) is 0 Å². The van der Waals surface area contributed by atoms with Gasteiger partial charge in [-0.25, -0.2) is 4.79 Å². The number of alkyl carbamates (subject to hydrolysis) is 1. The number of fused-ring (bicyclic) bond motifs is 5. The molecular weight excluding hydrogens is 1410 g/mol. The molecule has 9 N–H and O–H groups in total. The van der Waals surface area contributed by atoms with E-state index in [4.69, 9.17) is 74.3 Å². The van der Waals surface area contributed by atoms with Crippen LogP contribution in [0.4, 0.5) is 4.79 Å². The summed E-state index contributed by atoms with van der Waals surface area (Å²) < 4.78 is 4.63. The molecule has 0 aliphatic rings. The van der Waals surface area contributed by atoms with E-state index in [-0.39, 0.29) is 17.8 Å². The Balaban J connectivity index is 0.000000131. The number of carbonyl (C=O) groups excluding carboxylic acids is 1.